The number of nitrogens with two attached hydrogens (primary N) is 1. The van der Waals surface area contributed by atoms with Crippen LogP contribution in [0.1, 0.15) is 5.56 Å². The van der Waals surface area contributed by atoms with E-state index in [4.69, 9.17) is 22.6 Å². The molecule has 2 amide bonds. The van der Waals surface area contributed by atoms with Gasteiger partial charge >= 0.3 is 6.03 Å². The molecule has 0 aromatic heterocycles. The average molecular weight is 287 g/mol. The van der Waals surface area contributed by atoms with Gasteiger partial charge in [-0.3, -0.25) is 0 Å². The zero-order valence-corrected chi connectivity index (χ0v) is 11.1. The Morgan fingerprint density at radius 2 is 1.85 bits per heavy atom. The van der Waals surface area contributed by atoms with Gasteiger partial charge in [0.15, 0.2) is 0 Å². The molecular formula is C14H11ClN4O. The van der Waals surface area contributed by atoms with Gasteiger partial charge in [0.2, 0.25) is 0 Å². The largest absolute Gasteiger partial charge is 0.399 e. The maximum atomic E-state index is 11.8. The molecule has 0 atom stereocenters. The van der Waals surface area contributed by atoms with Crippen LogP contribution in [0.4, 0.5) is 21.9 Å². The molecule has 2 aromatic carbocycles. The summed E-state index contributed by atoms with van der Waals surface area (Å²) in [5.41, 5.74) is 7.65. The zero-order valence-electron chi connectivity index (χ0n) is 10.4. The first-order valence-corrected chi connectivity index (χ1v) is 6.09. The van der Waals surface area contributed by atoms with Crippen molar-refractivity contribution in [1.82, 2.24) is 0 Å². The number of rotatable bonds is 2. The van der Waals surface area contributed by atoms with Crippen molar-refractivity contribution in [3.05, 3.63) is 53.1 Å². The van der Waals surface area contributed by atoms with Crippen molar-refractivity contribution in [3.8, 4) is 6.07 Å². The van der Waals surface area contributed by atoms with Crippen LogP contribution in [0.15, 0.2) is 42.5 Å². The predicted molar refractivity (Wildman–Crippen MR) is 79.7 cm³/mol. The molecule has 0 aliphatic heterocycles. The SMILES string of the molecule is N#Cc1ccc(NC(=O)Nc2cc(N)ccc2Cl)cc1. The third kappa shape index (κ3) is 3.40. The number of urea groups is 1. The van der Waals surface area contributed by atoms with E-state index < -0.39 is 6.03 Å². The standard InChI is InChI=1S/C14H11ClN4O/c15-12-6-3-10(17)7-13(12)19-14(20)18-11-4-1-9(8-16)2-5-11/h1-7H,17H2,(H2,18,19,20). The van der Waals surface area contributed by atoms with E-state index in [1.165, 1.54) is 0 Å². The summed E-state index contributed by atoms with van der Waals surface area (Å²) in [5.74, 6) is 0. The third-order valence-electron chi connectivity index (χ3n) is 2.51. The van der Waals surface area contributed by atoms with Gasteiger partial charge in [0, 0.05) is 11.4 Å². The molecule has 0 saturated carbocycles. The Hall–Kier alpha value is -2.71. The minimum Gasteiger partial charge on any atom is -0.399 e. The van der Waals surface area contributed by atoms with E-state index in [2.05, 4.69) is 10.6 Å². The van der Waals surface area contributed by atoms with Gasteiger partial charge in [-0.25, -0.2) is 4.79 Å². The number of carbonyl (C=O) groups is 1. The van der Waals surface area contributed by atoms with E-state index in [-0.39, 0.29) is 0 Å². The summed E-state index contributed by atoms with van der Waals surface area (Å²) in [6.07, 6.45) is 0. The molecule has 0 spiro atoms. The van der Waals surface area contributed by atoms with E-state index in [0.29, 0.717) is 27.6 Å². The number of carbonyl (C=O) groups excluding carboxylic acids is 1. The fourth-order valence-electron chi connectivity index (χ4n) is 1.55. The van der Waals surface area contributed by atoms with Gasteiger partial charge in [0.25, 0.3) is 0 Å². The molecule has 6 heteroatoms. The number of hydrogen-bond donors (Lipinski definition) is 3. The summed E-state index contributed by atoms with van der Waals surface area (Å²) in [6.45, 7) is 0. The van der Waals surface area contributed by atoms with Crippen LogP contribution in [0.5, 0.6) is 0 Å². The number of benzene rings is 2. The molecule has 0 fully saturated rings. The lowest BCUT2D eigenvalue weighted by atomic mass is 10.2. The molecular weight excluding hydrogens is 276 g/mol. The Morgan fingerprint density at radius 1 is 1.15 bits per heavy atom. The molecule has 0 heterocycles. The highest BCUT2D eigenvalue weighted by atomic mass is 35.5. The summed E-state index contributed by atoms with van der Waals surface area (Å²) in [7, 11) is 0. The molecule has 2 rings (SSSR count). The van der Waals surface area contributed by atoms with Crippen LogP contribution in [0.2, 0.25) is 5.02 Å². The van der Waals surface area contributed by atoms with Crippen LogP contribution in [-0.2, 0) is 0 Å². The van der Waals surface area contributed by atoms with Crippen LogP contribution in [0, 0.1) is 11.3 Å². The zero-order chi connectivity index (χ0) is 14.5. The molecule has 2 aromatic rings. The Kier molecular flexibility index (Phi) is 4.08. The highest BCUT2D eigenvalue weighted by Crippen LogP contribution is 2.24. The van der Waals surface area contributed by atoms with Gasteiger partial charge < -0.3 is 16.4 Å². The van der Waals surface area contributed by atoms with Crippen molar-refractivity contribution >= 4 is 34.7 Å². The second-order valence-electron chi connectivity index (χ2n) is 4.01. The third-order valence-corrected chi connectivity index (χ3v) is 2.84. The maximum absolute atomic E-state index is 11.8. The Balaban J connectivity index is 2.05. The van der Waals surface area contributed by atoms with Gasteiger partial charge in [-0.2, -0.15) is 5.26 Å². The fourth-order valence-corrected chi connectivity index (χ4v) is 1.72. The topological polar surface area (TPSA) is 90.9 Å². The molecule has 4 N–H and O–H groups in total. The molecule has 0 aliphatic rings. The van der Waals surface area contributed by atoms with Crippen LogP contribution in [0.25, 0.3) is 0 Å². The monoisotopic (exact) mass is 286 g/mol. The average Bonchev–Trinajstić information content (AvgIpc) is 2.43. The van der Waals surface area contributed by atoms with E-state index in [1.807, 2.05) is 6.07 Å². The normalized spacial score (nSPS) is 9.60. The van der Waals surface area contributed by atoms with E-state index >= 15 is 0 Å². The highest BCUT2D eigenvalue weighted by Gasteiger charge is 2.06. The van der Waals surface area contributed by atoms with Crippen LogP contribution >= 0.6 is 11.6 Å². The molecule has 5 nitrogen and oxygen atoms in total. The van der Waals surface area contributed by atoms with Gasteiger partial charge in [-0.15, -0.1) is 0 Å². The number of nitriles is 1. The molecule has 0 aliphatic carbocycles. The summed E-state index contributed by atoms with van der Waals surface area (Å²) in [6, 6.07) is 12.9. The number of hydrogen-bond acceptors (Lipinski definition) is 3. The van der Waals surface area contributed by atoms with Gasteiger partial charge in [-0.1, -0.05) is 11.6 Å². The number of anilines is 3. The highest BCUT2D eigenvalue weighted by molar-refractivity contribution is 6.34. The van der Waals surface area contributed by atoms with Crippen LogP contribution < -0.4 is 16.4 Å². The van der Waals surface area contributed by atoms with Crippen molar-refractivity contribution in [2.45, 2.75) is 0 Å². The number of amides is 2. The second-order valence-corrected chi connectivity index (χ2v) is 4.41. The van der Waals surface area contributed by atoms with Crippen molar-refractivity contribution in [3.63, 3.8) is 0 Å². The lowest BCUT2D eigenvalue weighted by molar-refractivity contribution is 0.262. The fraction of sp³-hybridized carbons (Fsp3) is 0. The van der Waals surface area contributed by atoms with E-state index in [9.17, 15) is 4.79 Å². The lowest BCUT2D eigenvalue weighted by Crippen LogP contribution is -2.19. The van der Waals surface area contributed by atoms with E-state index in [1.54, 1.807) is 42.5 Å². The quantitative estimate of drug-likeness (QED) is 0.739. The van der Waals surface area contributed by atoms with Crippen molar-refractivity contribution in [2.75, 3.05) is 16.4 Å². The Bertz CT molecular complexity index is 677. The summed E-state index contributed by atoms with van der Waals surface area (Å²) >= 11 is 5.95. The number of nitrogens with zero attached hydrogens (tertiary/aromatic N) is 1. The first kappa shape index (κ1) is 13.7. The summed E-state index contributed by atoms with van der Waals surface area (Å²) < 4.78 is 0. The van der Waals surface area contributed by atoms with Crippen LogP contribution in [0.3, 0.4) is 0 Å². The number of halogens is 1. The Labute approximate surface area is 121 Å². The minimum atomic E-state index is -0.442. The second kappa shape index (κ2) is 5.95. The number of nitrogen functional groups attached to an aromatic ring is 1. The summed E-state index contributed by atoms with van der Waals surface area (Å²) in [5, 5.41) is 14.3. The number of nitrogens with one attached hydrogen (secondary N) is 2. The smallest absolute Gasteiger partial charge is 0.323 e. The molecule has 20 heavy (non-hydrogen) atoms. The molecule has 0 unspecified atom stereocenters. The van der Waals surface area contributed by atoms with Gasteiger partial charge in [0.1, 0.15) is 0 Å². The molecule has 0 saturated heterocycles. The molecule has 0 bridgehead atoms. The minimum absolute atomic E-state index is 0.397. The Morgan fingerprint density at radius 3 is 2.50 bits per heavy atom. The van der Waals surface area contributed by atoms with Crippen molar-refractivity contribution in [2.24, 2.45) is 0 Å². The van der Waals surface area contributed by atoms with Crippen molar-refractivity contribution in [1.29, 1.82) is 5.26 Å². The first-order valence-electron chi connectivity index (χ1n) is 5.71. The molecule has 0 radical (unpaired) electrons. The summed E-state index contributed by atoms with van der Waals surface area (Å²) in [4.78, 5) is 11.8. The molecule has 100 valence electrons. The van der Waals surface area contributed by atoms with E-state index in [0.717, 1.165) is 0 Å². The van der Waals surface area contributed by atoms with Gasteiger partial charge in [-0.05, 0) is 42.5 Å². The predicted octanol–water partition coefficient (Wildman–Crippen LogP) is 3.44. The lowest BCUT2D eigenvalue weighted by Gasteiger charge is -2.09. The van der Waals surface area contributed by atoms with Crippen molar-refractivity contribution < 1.29 is 4.79 Å². The van der Waals surface area contributed by atoms with Crippen LogP contribution in [-0.4, -0.2) is 6.03 Å². The van der Waals surface area contributed by atoms with Gasteiger partial charge in [0.05, 0.1) is 22.3 Å². The maximum Gasteiger partial charge on any atom is 0.323 e. The first-order chi connectivity index (χ1) is 9.58.